The molecule has 0 radical (unpaired) electrons. The van der Waals surface area contributed by atoms with Crippen LogP contribution in [-0.2, 0) is 13.0 Å². The maximum Gasteiger partial charge on any atom is 0.167 e. The molecule has 0 saturated heterocycles. The van der Waals surface area contributed by atoms with E-state index in [2.05, 4.69) is 19.1 Å². The lowest BCUT2D eigenvalue weighted by atomic mass is 9.97. The third-order valence-corrected chi connectivity index (χ3v) is 6.89. The summed E-state index contributed by atoms with van der Waals surface area (Å²) in [6.07, 6.45) is 0.250. The van der Waals surface area contributed by atoms with Gasteiger partial charge in [0.25, 0.3) is 0 Å². The number of pyridine rings is 1. The number of rotatable bonds is 9. The predicted molar refractivity (Wildman–Crippen MR) is 152 cm³/mol. The third kappa shape index (κ3) is 5.48. The molecule has 0 aliphatic heterocycles. The zero-order valence-corrected chi connectivity index (χ0v) is 22.8. The number of carbonyl (C=O) groups is 1. The molecule has 0 atom stereocenters. The molecule has 5 aromatic rings. The van der Waals surface area contributed by atoms with Gasteiger partial charge in [-0.05, 0) is 73.0 Å². The molecular formula is C32H31N3O4. The highest BCUT2D eigenvalue weighted by Gasteiger charge is 2.15. The number of nitrogens with zero attached hydrogens (tertiary/aromatic N) is 3. The summed E-state index contributed by atoms with van der Waals surface area (Å²) >= 11 is 0. The summed E-state index contributed by atoms with van der Waals surface area (Å²) in [6, 6.07) is 23.4. The molecule has 0 saturated carbocycles. The molecule has 0 unspecified atom stereocenters. The second-order valence-corrected chi connectivity index (χ2v) is 9.51. The fraction of sp³-hybridized carbons (Fsp3) is 0.219. The zero-order chi connectivity index (χ0) is 27.5. The van der Waals surface area contributed by atoms with Crippen molar-refractivity contribution in [2.45, 2.75) is 26.8 Å². The van der Waals surface area contributed by atoms with Crippen LogP contribution in [0.5, 0.6) is 17.2 Å². The topological polar surface area (TPSA) is 75.5 Å². The summed E-state index contributed by atoms with van der Waals surface area (Å²) in [5.41, 5.74) is 7.23. The fourth-order valence-electron chi connectivity index (χ4n) is 4.68. The van der Waals surface area contributed by atoms with Crippen LogP contribution in [0.4, 0.5) is 0 Å². The van der Waals surface area contributed by atoms with Crippen LogP contribution < -0.4 is 14.2 Å². The number of ketones is 1. The van der Waals surface area contributed by atoms with Gasteiger partial charge in [-0.1, -0.05) is 24.3 Å². The third-order valence-electron chi connectivity index (χ3n) is 6.89. The van der Waals surface area contributed by atoms with Crippen molar-refractivity contribution in [2.24, 2.45) is 0 Å². The summed E-state index contributed by atoms with van der Waals surface area (Å²) in [7, 11) is 4.81. The summed E-state index contributed by atoms with van der Waals surface area (Å²) in [5.74, 6) is 1.97. The van der Waals surface area contributed by atoms with Gasteiger partial charge in [0.15, 0.2) is 11.4 Å². The van der Waals surface area contributed by atoms with E-state index in [0.717, 1.165) is 50.4 Å². The van der Waals surface area contributed by atoms with Crippen LogP contribution in [0.15, 0.2) is 72.8 Å². The van der Waals surface area contributed by atoms with Gasteiger partial charge in [0.05, 0.1) is 39.3 Å². The molecule has 3 aromatic carbocycles. The molecule has 0 amide bonds. The monoisotopic (exact) mass is 521 g/mol. The van der Waals surface area contributed by atoms with E-state index < -0.39 is 0 Å². The Morgan fingerprint density at radius 1 is 0.769 bits per heavy atom. The molecule has 0 N–H and O–H groups in total. The Hall–Kier alpha value is -4.65. The van der Waals surface area contributed by atoms with Crippen LogP contribution in [-0.4, -0.2) is 41.9 Å². The molecule has 0 bridgehead atoms. The highest BCUT2D eigenvalue weighted by Crippen LogP contribution is 2.28. The molecule has 7 nitrogen and oxygen atoms in total. The summed E-state index contributed by atoms with van der Waals surface area (Å²) in [4.78, 5) is 18.2. The lowest BCUT2D eigenvalue weighted by Gasteiger charge is -2.11. The molecular weight excluding hydrogens is 490 g/mol. The van der Waals surface area contributed by atoms with Crippen LogP contribution >= 0.6 is 0 Å². The Morgan fingerprint density at radius 3 is 2.10 bits per heavy atom. The van der Waals surface area contributed by atoms with Crippen molar-refractivity contribution in [1.82, 2.24) is 14.8 Å². The van der Waals surface area contributed by atoms with Crippen molar-refractivity contribution in [3.63, 3.8) is 0 Å². The average Bonchev–Trinajstić information content (AvgIpc) is 3.27. The lowest BCUT2D eigenvalue weighted by Crippen LogP contribution is -2.05. The zero-order valence-electron chi connectivity index (χ0n) is 22.8. The second kappa shape index (κ2) is 11.0. The maximum absolute atomic E-state index is 13.2. The summed E-state index contributed by atoms with van der Waals surface area (Å²) < 4.78 is 17.9. The molecule has 5 rings (SSSR count). The first-order chi connectivity index (χ1) is 18.9. The van der Waals surface area contributed by atoms with E-state index in [4.69, 9.17) is 24.3 Å². The number of benzene rings is 3. The average molecular weight is 522 g/mol. The van der Waals surface area contributed by atoms with Crippen molar-refractivity contribution in [3.8, 4) is 28.5 Å². The van der Waals surface area contributed by atoms with E-state index in [1.807, 2.05) is 54.1 Å². The van der Waals surface area contributed by atoms with Crippen LogP contribution in [0, 0.1) is 13.8 Å². The first-order valence-electron chi connectivity index (χ1n) is 12.7. The van der Waals surface area contributed by atoms with Gasteiger partial charge >= 0.3 is 0 Å². The standard InChI is InChI=1S/C32H31N3O4/c1-20-6-7-23(15-31(36)24-16-26(38-4)18-27(17-24)39-5)14-29(20)30-13-12-28-21(2)34-35(32(28)33-30)19-22-8-10-25(37-3)11-9-22/h6-14,16-18H,15,19H2,1-5H3. The number of aromatic nitrogens is 3. The number of carbonyl (C=O) groups excluding carboxylic acids is 1. The number of ether oxygens (including phenoxy) is 3. The highest BCUT2D eigenvalue weighted by atomic mass is 16.5. The normalized spacial score (nSPS) is 11.0. The van der Waals surface area contributed by atoms with E-state index in [1.165, 1.54) is 0 Å². The number of fused-ring (bicyclic) bond motifs is 1. The SMILES string of the molecule is COc1ccc(Cn2nc(C)c3ccc(-c4cc(CC(=O)c5cc(OC)cc(OC)c5)ccc4C)nc32)cc1. The second-order valence-electron chi connectivity index (χ2n) is 9.51. The lowest BCUT2D eigenvalue weighted by molar-refractivity contribution is 0.0992. The molecule has 0 fully saturated rings. The molecule has 0 aliphatic rings. The van der Waals surface area contributed by atoms with Crippen molar-refractivity contribution in [1.29, 1.82) is 0 Å². The Bertz CT molecular complexity index is 1630. The Morgan fingerprint density at radius 2 is 1.44 bits per heavy atom. The van der Waals surface area contributed by atoms with Crippen molar-refractivity contribution >= 4 is 16.8 Å². The highest BCUT2D eigenvalue weighted by molar-refractivity contribution is 5.98. The van der Waals surface area contributed by atoms with E-state index >= 15 is 0 Å². The predicted octanol–water partition coefficient (Wildman–Crippen LogP) is 6.21. The van der Waals surface area contributed by atoms with Crippen LogP contribution in [0.1, 0.15) is 32.7 Å². The molecule has 0 spiro atoms. The number of methoxy groups -OCH3 is 3. The molecule has 0 aliphatic carbocycles. The van der Waals surface area contributed by atoms with Crippen molar-refractivity contribution < 1.29 is 19.0 Å². The largest absolute Gasteiger partial charge is 0.497 e. The minimum atomic E-state index is -0.0152. The van der Waals surface area contributed by atoms with E-state index in [0.29, 0.717) is 23.6 Å². The van der Waals surface area contributed by atoms with Gasteiger partial charge in [0.1, 0.15) is 17.2 Å². The van der Waals surface area contributed by atoms with Gasteiger partial charge < -0.3 is 14.2 Å². The molecule has 7 heteroatoms. The van der Waals surface area contributed by atoms with Gasteiger partial charge in [-0.25, -0.2) is 9.67 Å². The number of hydrogen-bond donors (Lipinski definition) is 0. The number of aryl methyl sites for hydroxylation is 2. The van der Waals surface area contributed by atoms with Gasteiger partial charge in [0, 0.05) is 29.0 Å². The molecule has 198 valence electrons. The van der Waals surface area contributed by atoms with Crippen LogP contribution in [0.25, 0.3) is 22.3 Å². The van der Waals surface area contributed by atoms with Crippen molar-refractivity contribution in [2.75, 3.05) is 21.3 Å². The van der Waals surface area contributed by atoms with Crippen molar-refractivity contribution in [3.05, 3.63) is 101 Å². The van der Waals surface area contributed by atoms with E-state index in [1.54, 1.807) is 39.5 Å². The maximum atomic E-state index is 13.2. The summed E-state index contributed by atoms with van der Waals surface area (Å²) in [6.45, 7) is 4.65. The van der Waals surface area contributed by atoms with E-state index in [9.17, 15) is 4.79 Å². The number of hydrogen-bond acceptors (Lipinski definition) is 6. The number of Topliss-reactive ketones (excluding diaryl/α,β-unsaturated/α-hetero) is 1. The first kappa shape index (κ1) is 26.0. The first-order valence-corrected chi connectivity index (χ1v) is 12.7. The molecule has 2 aromatic heterocycles. The van der Waals surface area contributed by atoms with Gasteiger partial charge in [-0.2, -0.15) is 5.10 Å². The minimum absolute atomic E-state index is 0.0152. The van der Waals surface area contributed by atoms with Crippen LogP contribution in [0.3, 0.4) is 0 Å². The fourth-order valence-corrected chi connectivity index (χ4v) is 4.68. The van der Waals surface area contributed by atoms with Gasteiger partial charge in [-0.3, -0.25) is 4.79 Å². The van der Waals surface area contributed by atoms with Crippen LogP contribution in [0.2, 0.25) is 0 Å². The van der Waals surface area contributed by atoms with Gasteiger partial charge in [0.2, 0.25) is 0 Å². The van der Waals surface area contributed by atoms with Gasteiger partial charge in [-0.15, -0.1) is 0 Å². The minimum Gasteiger partial charge on any atom is -0.497 e. The molecule has 2 heterocycles. The molecule has 39 heavy (non-hydrogen) atoms. The Labute approximate surface area is 228 Å². The van der Waals surface area contributed by atoms with E-state index in [-0.39, 0.29) is 12.2 Å². The summed E-state index contributed by atoms with van der Waals surface area (Å²) in [5, 5.41) is 5.78. The quantitative estimate of drug-likeness (QED) is 0.215. The Balaban J connectivity index is 1.46. The Kier molecular flexibility index (Phi) is 7.32. The smallest absolute Gasteiger partial charge is 0.167 e.